The van der Waals surface area contributed by atoms with Crippen LogP contribution in [0.5, 0.6) is 11.5 Å². The standard InChI is InChI=1S/C29H33N3O/c1-22-19-23(2)29-26(20-22)24(21-30-29)9-8-14-31-15-17-32(18-16-31)27-12-6-7-13-28(27)33-25-10-4-3-5-11-25/h3-7,10-13,19-21,30H,8-9,14-18H2,1-2H3. The molecule has 0 spiro atoms. The molecule has 0 aliphatic carbocycles. The molecule has 0 saturated carbocycles. The second-order valence-corrected chi connectivity index (χ2v) is 9.13. The van der Waals surface area contributed by atoms with Gasteiger partial charge < -0.3 is 14.6 Å². The van der Waals surface area contributed by atoms with Crippen molar-refractivity contribution in [3.63, 3.8) is 0 Å². The lowest BCUT2D eigenvalue weighted by Crippen LogP contribution is -2.46. The number of aromatic amines is 1. The van der Waals surface area contributed by atoms with Gasteiger partial charge in [-0.25, -0.2) is 0 Å². The average molecular weight is 440 g/mol. The van der Waals surface area contributed by atoms with Crippen molar-refractivity contribution in [2.45, 2.75) is 26.7 Å². The zero-order chi connectivity index (χ0) is 22.6. The predicted molar refractivity (Wildman–Crippen MR) is 138 cm³/mol. The van der Waals surface area contributed by atoms with Crippen molar-refractivity contribution in [3.8, 4) is 11.5 Å². The average Bonchev–Trinajstić information content (AvgIpc) is 3.24. The van der Waals surface area contributed by atoms with Gasteiger partial charge in [-0.1, -0.05) is 42.0 Å². The maximum atomic E-state index is 6.19. The highest BCUT2D eigenvalue weighted by Gasteiger charge is 2.20. The van der Waals surface area contributed by atoms with Gasteiger partial charge in [0.2, 0.25) is 0 Å². The number of nitrogens with zero attached hydrogens (tertiary/aromatic N) is 2. The van der Waals surface area contributed by atoms with Crippen molar-refractivity contribution in [2.75, 3.05) is 37.6 Å². The van der Waals surface area contributed by atoms with Crippen molar-refractivity contribution >= 4 is 16.6 Å². The lowest BCUT2D eigenvalue weighted by molar-refractivity contribution is 0.254. The zero-order valence-electron chi connectivity index (χ0n) is 19.7. The monoisotopic (exact) mass is 439 g/mol. The maximum Gasteiger partial charge on any atom is 0.150 e. The molecular weight excluding hydrogens is 406 g/mol. The van der Waals surface area contributed by atoms with E-state index in [0.29, 0.717) is 0 Å². The number of rotatable bonds is 7. The molecule has 3 aromatic carbocycles. The van der Waals surface area contributed by atoms with Gasteiger partial charge in [0.15, 0.2) is 5.75 Å². The van der Waals surface area contributed by atoms with Gasteiger partial charge in [-0.05, 0) is 74.7 Å². The van der Waals surface area contributed by atoms with E-state index in [1.54, 1.807) is 0 Å². The molecule has 5 rings (SSSR count). The molecule has 0 radical (unpaired) electrons. The molecule has 1 N–H and O–H groups in total. The van der Waals surface area contributed by atoms with Crippen molar-refractivity contribution in [1.29, 1.82) is 0 Å². The van der Waals surface area contributed by atoms with Crippen molar-refractivity contribution in [3.05, 3.63) is 89.6 Å². The van der Waals surface area contributed by atoms with Gasteiger partial charge in [0, 0.05) is 43.3 Å². The molecule has 33 heavy (non-hydrogen) atoms. The Kier molecular flexibility index (Phi) is 6.36. The van der Waals surface area contributed by atoms with Gasteiger partial charge in [0.25, 0.3) is 0 Å². The summed E-state index contributed by atoms with van der Waals surface area (Å²) in [6.07, 6.45) is 4.52. The molecule has 0 atom stereocenters. The molecule has 0 bridgehead atoms. The van der Waals surface area contributed by atoms with Crippen molar-refractivity contribution < 1.29 is 4.74 Å². The van der Waals surface area contributed by atoms with Crippen LogP contribution in [0.2, 0.25) is 0 Å². The minimum Gasteiger partial charge on any atom is -0.455 e. The van der Waals surface area contributed by atoms with Crippen LogP contribution < -0.4 is 9.64 Å². The Hall–Kier alpha value is -3.24. The Bertz CT molecular complexity index is 1210. The number of anilines is 1. The summed E-state index contributed by atoms with van der Waals surface area (Å²) in [7, 11) is 0. The topological polar surface area (TPSA) is 31.5 Å². The Labute approximate surface area is 196 Å². The van der Waals surface area contributed by atoms with E-state index in [1.807, 2.05) is 36.4 Å². The number of para-hydroxylation sites is 3. The lowest BCUT2D eigenvalue weighted by Gasteiger charge is -2.36. The molecule has 1 aromatic heterocycles. The van der Waals surface area contributed by atoms with Crippen LogP contribution in [0.25, 0.3) is 10.9 Å². The number of ether oxygens (including phenoxy) is 1. The van der Waals surface area contributed by atoms with E-state index < -0.39 is 0 Å². The van der Waals surface area contributed by atoms with E-state index in [2.05, 4.69) is 65.2 Å². The highest BCUT2D eigenvalue weighted by atomic mass is 16.5. The summed E-state index contributed by atoms with van der Waals surface area (Å²) in [6.45, 7) is 9.76. The van der Waals surface area contributed by atoms with Crippen LogP contribution in [0.3, 0.4) is 0 Å². The van der Waals surface area contributed by atoms with Crippen LogP contribution in [0.15, 0.2) is 72.9 Å². The first-order valence-electron chi connectivity index (χ1n) is 12.0. The van der Waals surface area contributed by atoms with Crippen LogP contribution in [-0.4, -0.2) is 42.6 Å². The molecule has 4 aromatic rings. The van der Waals surface area contributed by atoms with Crippen LogP contribution in [0, 0.1) is 13.8 Å². The summed E-state index contributed by atoms with van der Waals surface area (Å²) in [5.41, 5.74) is 6.60. The van der Waals surface area contributed by atoms with Crippen molar-refractivity contribution in [2.24, 2.45) is 0 Å². The third-order valence-corrected chi connectivity index (χ3v) is 6.69. The highest BCUT2D eigenvalue weighted by molar-refractivity contribution is 5.86. The van der Waals surface area contributed by atoms with Gasteiger partial charge in [-0.3, -0.25) is 4.90 Å². The van der Waals surface area contributed by atoms with Gasteiger partial charge in [0.05, 0.1) is 5.69 Å². The molecule has 4 heteroatoms. The second kappa shape index (κ2) is 9.72. The van der Waals surface area contributed by atoms with E-state index in [-0.39, 0.29) is 0 Å². The Balaban J connectivity index is 1.16. The summed E-state index contributed by atoms with van der Waals surface area (Å²) in [5.74, 6) is 1.81. The smallest absolute Gasteiger partial charge is 0.150 e. The molecule has 1 saturated heterocycles. The number of hydrogen-bond donors (Lipinski definition) is 1. The quantitative estimate of drug-likeness (QED) is 0.365. The summed E-state index contributed by atoms with van der Waals surface area (Å²) >= 11 is 0. The summed E-state index contributed by atoms with van der Waals surface area (Å²) in [4.78, 5) is 8.54. The zero-order valence-corrected chi connectivity index (χ0v) is 19.7. The first-order chi connectivity index (χ1) is 16.2. The first-order valence-corrected chi connectivity index (χ1v) is 12.0. The number of aromatic nitrogens is 1. The second-order valence-electron chi connectivity index (χ2n) is 9.13. The fourth-order valence-corrected chi connectivity index (χ4v) is 4.98. The molecule has 1 aliphatic rings. The number of nitrogens with one attached hydrogen (secondary N) is 1. The number of benzene rings is 3. The lowest BCUT2D eigenvalue weighted by atomic mass is 10.0. The van der Waals surface area contributed by atoms with Crippen LogP contribution in [0.4, 0.5) is 5.69 Å². The summed E-state index contributed by atoms with van der Waals surface area (Å²) < 4.78 is 6.19. The van der Waals surface area contributed by atoms with Crippen LogP contribution in [0.1, 0.15) is 23.1 Å². The highest BCUT2D eigenvalue weighted by Crippen LogP contribution is 2.32. The third kappa shape index (κ3) is 4.91. The molecule has 170 valence electrons. The Morgan fingerprint density at radius 3 is 2.45 bits per heavy atom. The Morgan fingerprint density at radius 2 is 1.64 bits per heavy atom. The maximum absolute atomic E-state index is 6.19. The molecule has 0 amide bonds. The number of piperazine rings is 1. The van der Waals surface area contributed by atoms with E-state index in [1.165, 1.54) is 39.7 Å². The van der Waals surface area contributed by atoms with Gasteiger partial charge in [-0.15, -0.1) is 0 Å². The molecule has 1 fully saturated rings. The molecule has 2 heterocycles. The molecular formula is C29H33N3O. The fraction of sp³-hybridized carbons (Fsp3) is 0.310. The normalized spacial score (nSPS) is 14.7. The molecule has 4 nitrogen and oxygen atoms in total. The van der Waals surface area contributed by atoms with Gasteiger partial charge in [-0.2, -0.15) is 0 Å². The summed E-state index contributed by atoms with van der Waals surface area (Å²) in [5, 5.41) is 1.40. The number of fused-ring (bicyclic) bond motifs is 1. The SMILES string of the molecule is Cc1cc(C)c2[nH]cc(CCCN3CCN(c4ccccc4Oc4ccccc4)CC3)c2c1. The molecule has 0 unspecified atom stereocenters. The largest absolute Gasteiger partial charge is 0.455 e. The fourth-order valence-electron chi connectivity index (χ4n) is 4.98. The number of H-pyrrole nitrogens is 1. The summed E-state index contributed by atoms with van der Waals surface area (Å²) in [6, 6.07) is 23.0. The van der Waals surface area contributed by atoms with Crippen LogP contribution in [-0.2, 0) is 6.42 Å². The van der Waals surface area contributed by atoms with Gasteiger partial charge in [0.1, 0.15) is 5.75 Å². The minimum absolute atomic E-state index is 0.881. The number of hydrogen-bond acceptors (Lipinski definition) is 3. The van der Waals surface area contributed by atoms with Crippen LogP contribution >= 0.6 is 0 Å². The first kappa shape index (κ1) is 21.6. The van der Waals surface area contributed by atoms with Gasteiger partial charge >= 0.3 is 0 Å². The van der Waals surface area contributed by atoms with E-state index >= 15 is 0 Å². The third-order valence-electron chi connectivity index (χ3n) is 6.69. The predicted octanol–water partition coefficient (Wildman–Crippen LogP) is 6.33. The van der Waals surface area contributed by atoms with Crippen molar-refractivity contribution in [1.82, 2.24) is 9.88 Å². The van der Waals surface area contributed by atoms with E-state index in [9.17, 15) is 0 Å². The van der Waals surface area contributed by atoms with E-state index in [4.69, 9.17) is 4.74 Å². The number of aryl methyl sites for hydroxylation is 3. The van der Waals surface area contributed by atoms with E-state index in [0.717, 1.165) is 50.6 Å². The Morgan fingerprint density at radius 1 is 0.879 bits per heavy atom. The minimum atomic E-state index is 0.881. The molecule has 1 aliphatic heterocycles.